The highest BCUT2D eigenvalue weighted by atomic mass is 35.5. The highest BCUT2D eigenvalue weighted by Crippen LogP contribution is 2.32. The summed E-state index contributed by atoms with van der Waals surface area (Å²) in [5, 5.41) is 0.666. The van der Waals surface area contributed by atoms with E-state index in [1.54, 1.807) is 36.0 Å². The average molecular weight is 310 g/mol. The molecule has 0 aromatic heterocycles. The monoisotopic (exact) mass is 309 g/mol. The zero-order valence-electron chi connectivity index (χ0n) is 10.2. The lowest BCUT2D eigenvalue weighted by molar-refractivity contribution is 0.480. The molecule has 19 heavy (non-hydrogen) atoms. The molecule has 2 aromatic carbocycles. The van der Waals surface area contributed by atoms with E-state index in [0.29, 0.717) is 21.5 Å². The summed E-state index contributed by atoms with van der Waals surface area (Å²) in [6.07, 6.45) is 1.98. The van der Waals surface area contributed by atoms with Crippen molar-refractivity contribution in [3.63, 3.8) is 0 Å². The summed E-state index contributed by atoms with van der Waals surface area (Å²) in [5.41, 5.74) is 6.55. The zero-order valence-corrected chi connectivity index (χ0v) is 12.6. The van der Waals surface area contributed by atoms with Crippen LogP contribution in [0.25, 0.3) is 0 Å². The Morgan fingerprint density at radius 2 is 1.89 bits per heavy atom. The molecule has 0 unspecified atom stereocenters. The van der Waals surface area contributed by atoms with Crippen LogP contribution in [0.3, 0.4) is 0 Å². The van der Waals surface area contributed by atoms with Gasteiger partial charge in [0, 0.05) is 9.92 Å². The molecule has 2 aromatic rings. The van der Waals surface area contributed by atoms with Crippen LogP contribution in [0.15, 0.2) is 47.4 Å². The lowest BCUT2D eigenvalue weighted by atomic mass is 10.2. The van der Waals surface area contributed by atoms with Gasteiger partial charge < -0.3 is 10.5 Å². The van der Waals surface area contributed by atoms with Gasteiger partial charge in [-0.1, -0.05) is 29.9 Å². The molecule has 0 aliphatic carbocycles. The minimum Gasteiger partial charge on any atom is -0.457 e. The highest BCUT2D eigenvalue weighted by Gasteiger charge is 2.12. The Morgan fingerprint density at radius 3 is 2.47 bits per heavy atom. The fourth-order valence-corrected chi connectivity index (χ4v) is 2.67. The van der Waals surface area contributed by atoms with E-state index >= 15 is 0 Å². The lowest BCUT2D eigenvalue weighted by Crippen LogP contribution is -2.12. The molecule has 0 aliphatic heterocycles. The lowest BCUT2D eigenvalue weighted by Gasteiger charge is -2.13. The number of thiocarbonyl (C=S) groups is 1. The van der Waals surface area contributed by atoms with Crippen molar-refractivity contribution in [2.75, 3.05) is 6.26 Å². The van der Waals surface area contributed by atoms with Crippen molar-refractivity contribution in [3.05, 3.63) is 53.1 Å². The standard InChI is InChI=1S/C14H12ClNOS2/c1-19-12-4-2-3-11(13(12)14(16)18)17-10-7-5-9(15)6-8-10/h2-8H,1H3,(H2,16,18). The van der Waals surface area contributed by atoms with Crippen LogP contribution in [-0.2, 0) is 0 Å². The van der Waals surface area contributed by atoms with Gasteiger partial charge in [-0.3, -0.25) is 0 Å². The van der Waals surface area contributed by atoms with Gasteiger partial charge in [0.05, 0.1) is 5.56 Å². The van der Waals surface area contributed by atoms with Gasteiger partial charge in [-0.05, 0) is 42.7 Å². The maximum Gasteiger partial charge on any atom is 0.138 e. The predicted octanol–water partition coefficient (Wildman–Crippen LogP) is 4.49. The quantitative estimate of drug-likeness (QED) is 0.667. The Kier molecular flexibility index (Phi) is 4.69. The van der Waals surface area contributed by atoms with E-state index in [1.165, 1.54) is 0 Å². The molecule has 98 valence electrons. The van der Waals surface area contributed by atoms with E-state index in [1.807, 2.05) is 24.5 Å². The molecule has 0 fully saturated rings. The molecule has 0 heterocycles. The van der Waals surface area contributed by atoms with Gasteiger partial charge >= 0.3 is 0 Å². The van der Waals surface area contributed by atoms with E-state index in [9.17, 15) is 0 Å². The van der Waals surface area contributed by atoms with Crippen LogP contribution < -0.4 is 10.5 Å². The number of hydrogen-bond acceptors (Lipinski definition) is 3. The first-order chi connectivity index (χ1) is 9.11. The first-order valence-electron chi connectivity index (χ1n) is 5.52. The number of benzene rings is 2. The summed E-state index contributed by atoms with van der Waals surface area (Å²) >= 11 is 12.5. The van der Waals surface area contributed by atoms with Crippen LogP contribution in [0, 0.1) is 0 Å². The van der Waals surface area contributed by atoms with E-state index in [2.05, 4.69) is 0 Å². The van der Waals surface area contributed by atoms with Crippen LogP contribution in [-0.4, -0.2) is 11.2 Å². The van der Waals surface area contributed by atoms with Crippen molar-refractivity contribution in [3.8, 4) is 11.5 Å². The van der Waals surface area contributed by atoms with E-state index in [4.69, 9.17) is 34.3 Å². The SMILES string of the molecule is CSc1cccc(Oc2ccc(Cl)cc2)c1C(N)=S. The summed E-state index contributed by atoms with van der Waals surface area (Å²) in [6, 6.07) is 12.9. The molecule has 2 nitrogen and oxygen atoms in total. The van der Waals surface area contributed by atoms with Crippen molar-refractivity contribution >= 4 is 40.6 Å². The largest absolute Gasteiger partial charge is 0.457 e. The Labute approximate surface area is 126 Å². The molecule has 0 bridgehead atoms. The normalized spacial score (nSPS) is 10.2. The highest BCUT2D eigenvalue weighted by molar-refractivity contribution is 7.98. The van der Waals surface area contributed by atoms with Crippen molar-refractivity contribution < 1.29 is 4.74 Å². The topological polar surface area (TPSA) is 35.2 Å². The second-order valence-electron chi connectivity index (χ2n) is 3.75. The number of ether oxygens (including phenoxy) is 1. The van der Waals surface area contributed by atoms with Gasteiger partial charge in [-0.25, -0.2) is 0 Å². The van der Waals surface area contributed by atoms with E-state index in [-0.39, 0.29) is 0 Å². The molecule has 5 heteroatoms. The number of rotatable bonds is 4. The van der Waals surface area contributed by atoms with Gasteiger partial charge in [-0.15, -0.1) is 11.8 Å². The number of hydrogen-bond donors (Lipinski definition) is 1. The van der Waals surface area contributed by atoms with Crippen LogP contribution in [0.4, 0.5) is 0 Å². The Morgan fingerprint density at radius 1 is 1.21 bits per heavy atom. The second-order valence-corrected chi connectivity index (χ2v) is 5.48. The molecule has 0 saturated heterocycles. The fourth-order valence-electron chi connectivity index (χ4n) is 1.64. The van der Waals surface area contributed by atoms with Crippen LogP contribution in [0.2, 0.25) is 5.02 Å². The predicted molar refractivity (Wildman–Crippen MR) is 85.6 cm³/mol. The van der Waals surface area contributed by atoms with E-state index in [0.717, 1.165) is 10.5 Å². The Hall–Kier alpha value is -1.23. The second kappa shape index (κ2) is 6.28. The van der Waals surface area contributed by atoms with Crippen molar-refractivity contribution in [1.82, 2.24) is 0 Å². The Bertz CT molecular complexity index is 599. The van der Waals surface area contributed by atoms with Gasteiger partial charge in [-0.2, -0.15) is 0 Å². The molecule has 2 N–H and O–H groups in total. The summed E-state index contributed by atoms with van der Waals surface area (Å²) in [4.78, 5) is 1.33. The fraction of sp³-hybridized carbons (Fsp3) is 0.0714. The van der Waals surface area contributed by atoms with Crippen LogP contribution >= 0.6 is 35.6 Å². The third-order valence-electron chi connectivity index (χ3n) is 2.50. The first-order valence-corrected chi connectivity index (χ1v) is 7.53. The summed E-state index contributed by atoms with van der Waals surface area (Å²) < 4.78 is 5.83. The molecule has 0 radical (unpaired) electrons. The number of halogens is 1. The van der Waals surface area contributed by atoms with Gasteiger partial charge in [0.15, 0.2) is 0 Å². The van der Waals surface area contributed by atoms with Crippen LogP contribution in [0.5, 0.6) is 11.5 Å². The average Bonchev–Trinajstić information content (AvgIpc) is 2.40. The molecular weight excluding hydrogens is 298 g/mol. The van der Waals surface area contributed by atoms with E-state index < -0.39 is 0 Å². The van der Waals surface area contributed by atoms with Gasteiger partial charge in [0.1, 0.15) is 16.5 Å². The molecule has 0 spiro atoms. The minimum atomic E-state index is 0.328. The maximum atomic E-state index is 5.84. The third kappa shape index (κ3) is 3.41. The molecule has 2 rings (SSSR count). The molecule has 0 aliphatic rings. The third-order valence-corrected chi connectivity index (χ3v) is 3.73. The smallest absolute Gasteiger partial charge is 0.138 e. The molecule has 0 saturated carbocycles. The first kappa shape index (κ1) is 14.2. The summed E-state index contributed by atoms with van der Waals surface area (Å²) in [7, 11) is 0. The molecule has 0 amide bonds. The number of thioether (sulfide) groups is 1. The van der Waals surface area contributed by atoms with Crippen molar-refractivity contribution in [2.45, 2.75) is 4.90 Å². The van der Waals surface area contributed by atoms with Gasteiger partial charge in [0.2, 0.25) is 0 Å². The Balaban J connectivity index is 2.39. The van der Waals surface area contributed by atoms with Crippen molar-refractivity contribution in [2.24, 2.45) is 5.73 Å². The van der Waals surface area contributed by atoms with Crippen molar-refractivity contribution in [1.29, 1.82) is 0 Å². The molecular formula is C14H12ClNOS2. The van der Waals surface area contributed by atoms with Crippen LogP contribution in [0.1, 0.15) is 5.56 Å². The summed E-state index contributed by atoms with van der Waals surface area (Å²) in [5.74, 6) is 1.35. The van der Waals surface area contributed by atoms with Gasteiger partial charge in [0.25, 0.3) is 0 Å². The zero-order chi connectivity index (χ0) is 13.8. The summed E-state index contributed by atoms with van der Waals surface area (Å²) in [6.45, 7) is 0. The molecule has 0 atom stereocenters. The minimum absolute atomic E-state index is 0.328. The number of nitrogens with two attached hydrogens (primary N) is 1. The maximum absolute atomic E-state index is 5.84.